The summed E-state index contributed by atoms with van der Waals surface area (Å²) in [4.78, 5) is 23.5. The molecule has 2 amide bonds. The molecule has 1 aliphatic carbocycles. The highest BCUT2D eigenvalue weighted by atomic mass is 16.2. The molecule has 0 heterocycles. The van der Waals surface area contributed by atoms with E-state index in [2.05, 4.69) is 15.8 Å². The predicted octanol–water partition coefficient (Wildman–Crippen LogP) is 2.23. The fraction of sp³-hybridized carbons (Fsp3) is 0.400. The Morgan fingerprint density at radius 3 is 2.55 bits per heavy atom. The summed E-state index contributed by atoms with van der Waals surface area (Å²) in [5, 5.41) is 6.60. The molecule has 0 aliphatic heterocycles. The van der Waals surface area contributed by atoms with E-state index in [0.717, 1.165) is 43.4 Å². The van der Waals surface area contributed by atoms with Crippen molar-refractivity contribution in [1.82, 2.24) is 5.43 Å². The van der Waals surface area contributed by atoms with Crippen LogP contribution in [-0.4, -0.2) is 17.5 Å². The van der Waals surface area contributed by atoms with Crippen molar-refractivity contribution in [2.75, 3.05) is 5.32 Å². The van der Waals surface area contributed by atoms with Crippen LogP contribution in [0.4, 0.5) is 5.69 Å². The molecule has 1 aromatic carbocycles. The van der Waals surface area contributed by atoms with Gasteiger partial charge in [0.15, 0.2) is 0 Å². The van der Waals surface area contributed by atoms with Crippen molar-refractivity contribution in [2.45, 2.75) is 39.0 Å². The molecule has 1 fully saturated rings. The first kappa shape index (κ1) is 14.2. The second-order valence-electron chi connectivity index (χ2n) is 4.79. The monoisotopic (exact) mass is 273 g/mol. The van der Waals surface area contributed by atoms with Crippen molar-refractivity contribution in [2.24, 2.45) is 5.10 Å². The van der Waals surface area contributed by atoms with Gasteiger partial charge in [0.25, 0.3) is 0 Å². The van der Waals surface area contributed by atoms with E-state index in [1.165, 1.54) is 0 Å². The molecule has 0 atom stereocenters. The number of hydrogen-bond donors (Lipinski definition) is 2. The SMILES string of the molecule is CCc1ccccc1NC(=O)C(=O)NN=C1CCCC1. The molecular weight excluding hydrogens is 254 g/mol. The fourth-order valence-electron chi connectivity index (χ4n) is 2.21. The minimum atomic E-state index is -0.727. The number of nitrogens with zero attached hydrogens (tertiary/aromatic N) is 1. The van der Waals surface area contributed by atoms with Crippen molar-refractivity contribution in [3.05, 3.63) is 29.8 Å². The van der Waals surface area contributed by atoms with Gasteiger partial charge in [-0.1, -0.05) is 25.1 Å². The number of hydrazone groups is 1. The van der Waals surface area contributed by atoms with Gasteiger partial charge < -0.3 is 5.32 Å². The smallest absolute Gasteiger partial charge is 0.317 e. The summed E-state index contributed by atoms with van der Waals surface area (Å²) in [7, 11) is 0. The average Bonchev–Trinajstić information content (AvgIpc) is 2.98. The normalized spacial score (nSPS) is 13.9. The van der Waals surface area contributed by atoms with E-state index in [-0.39, 0.29) is 0 Å². The quantitative estimate of drug-likeness (QED) is 0.655. The Morgan fingerprint density at radius 1 is 1.15 bits per heavy atom. The van der Waals surface area contributed by atoms with Gasteiger partial charge in [-0.2, -0.15) is 5.10 Å². The molecular formula is C15H19N3O2. The number of carbonyl (C=O) groups excluding carboxylic acids is 2. The minimum absolute atomic E-state index is 0.670. The number of carbonyl (C=O) groups is 2. The molecule has 0 radical (unpaired) electrons. The van der Waals surface area contributed by atoms with Crippen LogP contribution in [0.2, 0.25) is 0 Å². The summed E-state index contributed by atoms with van der Waals surface area (Å²) in [6.07, 6.45) is 4.80. The Morgan fingerprint density at radius 2 is 1.85 bits per heavy atom. The zero-order valence-corrected chi connectivity index (χ0v) is 11.6. The van der Waals surface area contributed by atoms with Crippen molar-refractivity contribution < 1.29 is 9.59 Å². The molecule has 106 valence electrons. The third kappa shape index (κ3) is 3.66. The van der Waals surface area contributed by atoms with Crippen LogP contribution >= 0.6 is 0 Å². The van der Waals surface area contributed by atoms with Crippen LogP contribution in [0.3, 0.4) is 0 Å². The molecule has 0 spiro atoms. The highest BCUT2D eigenvalue weighted by Gasteiger charge is 2.15. The lowest BCUT2D eigenvalue weighted by molar-refractivity contribution is -0.136. The van der Waals surface area contributed by atoms with Crippen molar-refractivity contribution in [3.8, 4) is 0 Å². The maximum Gasteiger partial charge on any atom is 0.329 e. The molecule has 1 aromatic rings. The number of amides is 2. The minimum Gasteiger partial charge on any atom is -0.317 e. The Labute approximate surface area is 118 Å². The molecule has 0 unspecified atom stereocenters. The third-order valence-electron chi connectivity index (χ3n) is 3.35. The van der Waals surface area contributed by atoms with E-state index in [1.54, 1.807) is 6.07 Å². The van der Waals surface area contributed by atoms with Gasteiger partial charge in [0, 0.05) is 11.4 Å². The van der Waals surface area contributed by atoms with Crippen LogP contribution in [0, 0.1) is 0 Å². The topological polar surface area (TPSA) is 70.6 Å². The lowest BCUT2D eigenvalue weighted by Crippen LogP contribution is -2.33. The highest BCUT2D eigenvalue weighted by Crippen LogP contribution is 2.15. The zero-order chi connectivity index (χ0) is 14.4. The summed E-state index contributed by atoms with van der Waals surface area (Å²) < 4.78 is 0. The number of nitrogens with one attached hydrogen (secondary N) is 2. The largest absolute Gasteiger partial charge is 0.329 e. The Kier molecular flexibility index (Phi) is 4.87. The Bertz CT molecular complexity index is 530. The molecule has 1 saturated carbocycles. The second kappa shape index (κ2) is 6.84. The molecule has 5 heteroatoms. The number of benzene rings is 1. The molecule has 2 rings (SSSR count). The van der Waals surface area contributed by atoms with Crippen LogP contribution in [-0.2, 0) is 16.0 Å². The second-order valence-corrected chi connectivity index (χ2v) is 4.79. The first-order valence-corrected chi connectivity index (χ1v) is 6.95. The van der Waals surface area contributed by atoms with Gasteiger partial charge in [0.1, 0.15) is 0 Å². The number of hydrogen-bond acceptors (Lipinski definition) is 3. The molecule has 0 aromatic heterocycles. The molecule has 1 aliphatic rings. The van der Waals surface area contributed by atoms with Gasteiger partial charge in [-0.25, -0.2) is 5.43 Å². The van der Waals surface area contributed by atoms with Crippen LogP contribution < -0.4 is 10.7 Å². The third-order valence-corrected chi connectivity index (χ3v) is 3.35. The maximum atomic E-state index is 11.8. The van der Waals surface area contributed by atoms with E-state index in [4.69, 9.17) is 0 Å². The first-order valence-electron chi connectivity index (χ1n) is 6.95. The summed E-state index contributed by atoms with van der Waals surface area (Å²) in [5.41, 5.74) is 4.94. The molecule has 0 bridgehead atoms. The van der Waals surface area contributed by atoms with Gasteiger partial charge in [-0.05, 0) is 43.7 Å². The Hall–Kier alpha value is -2.17. The number of anilines is 1. The molecule has 2 N–H and O–H groups in total. The van der Waals surface area contributed by atoms with Crippen LogP contribution in [0.15, 0.2) is 29.4 Å². The Balaban J connectivity index is 1.93. The van der Waals surface area contributed by atoms with E-state index in [9.17, 15) is 9.59 Å². The first-order chi connectivity index (χ1) is 9.70. The van der Waals surface area contributed by atoms with Crippen molar-refractivity contribution in [1.29, 1.82) is 0 Å². The van der Waals surface area contributed by atoms with Gasteiger partial charge in [-0.3, -0.25) is 9.59 Å². The van der Waals surface area contributed by atoms with Crippen LogP contribution in [0.1, 0.15) is 38.2 Å². The predicted molar refractivity (Wildman–Crippen MR) is 78.5 cm³/mol. The van der Waals surface area contributed by atoms with Crippen molar-refractivity contribution in [3.63, 3.8) is 0 Å². The summed E-state index contributed by atoms with van der Waals surface area (Å²) in [5.74, 6) is -1.41. The lowest BCUT2D eigenvalue weighted by atomic mass is 10.1. The zero-order valence-electron chi connectivity index (χ0n) is 11.6. The van der Waals surface area contributed by atoms with E-state index in [0.29, 0.717) is 5.69 Å². The van der Waals surface area contributed by atoms with E-state index < -0.39 is 11.8 Å². The lowest BCUT2D eigenvalue weighted by Gasteiger charge is -2.08. The van der Waals surface area contributed by atoms with E-state index >= 15 is 0 Å². The van der Waals surface area contributed by atoms with Crippen LogP contribution in [0.5, 0.6) is 0 Å². The number of para-hydroxylation sites is 1. The summed E-state index contributed by atoms with van der Waals surface area (Å²) in [6, 6.07) is 7.44. The van der Waals surface area contributed by atoms with Gasteiger partial charge >= 0.3 is 11.8 Å². The number of aryl methyl sites for hydroxylation is 1. The number of rotatable bonds is 3. The van der Waals surface area contributed by atoms with Crippen LogP contribution in [0.25, 0.3) is 0 Å². The standard InChI is InChI=1S/C15H19N3O2/c1-2-11-7-3-6-10-13(11)16-14(19)15(20)18-17-12-8-4-5-9-12/h3,6-7,10H,2,4-5,8-9H2,1H3,(H,16,19)(H,18,20). The fourth-order valence-corrected chi connectivity index (χ4v) is 2.21. The molecule has 0 saturated heterocycles. The molecule has 20 heavy (non-hydrogen) atoms. The van der Waals surface area contributed by atoms with E-state index in [1.807, 2.05) is 25.1 Å². The molecule has 5 nitrogen and oxygen atoms in total. The highest BCUT2D eigenvalue weighted by molar-refractivity contribution is 6.39. The average molecular weight is 273 g/mol. The summed E-state index contributed by atoms with van der Waals surface area (Å²) in [6.45, 7) is 2.00. The van der Waals surface area contributed by atoms with Gasteiger partial charge in [0.05, 0.1) is 0 Å². The van der Waals surface area contributed by atoms with Crippen molar-refractivity contribution >= 4 is 23.2 Å². The summed E-state index contributed by atoms with van der Waals surface area (Å²) >= 11 is 0. The maximum absolute atomic E-state index is 11.8. The van der Waals surface area contributed by atoms with Gasteiger partial charge in [-0.15, -0.1) is 0 Å². The van der Waals surface area contributed by atoms with Gasteiger partial charge in [0.2, 0.25) is 0 Å².